The molecule has 2 atom stereocenters. The van der Waals surface area contributed by atoms with Gasteiger partial charge in [0.2, 0.25) is 11.8 Å². The van der Waals surface area contributed by atoms with Crippen LogP contribution in [0.1, 0.15) is 57.8 Å². The fraction of sp³-hybridized carbons (Fsp3) is 0.812. The number of carboxylic acids is 1. The Labute approximate surface area is 124 Å². The molecule has 2 amide bonds. The highest BCUT2D eigenvalue weighted by Gasteiger charge is 2.53. The maximum absolute atomic E-state index is 12.4. The summed E-state index contributed by atoms with van der Waals surface area (Å²) in [6.45, 7) is 0.0903. The molecule has 0 radical (unpaired) electrons. The molecule has 1 N–H and O–H groups in total. The van der Waals surface area contributed by atoms with Gasteiger partial charge in [0.1, 0.15) is 0 Å². The highest BCUT2D eigenvalue weighted by molar-refractivity contribution is 6.05. The van der Waals surface area contributed by atoms with E-state index in [2.05, 4.69) is 0 Å². The van der Waals surface area contributed by atoms with E-state index in [1.807, 2.05) is 0 Å². The van der Waals surface area contributed by atoms with Crippen molar-refractivity contribution >= 4 is 17.8 Å². The predicted molar refractivity (Wildman–Crippen MR) is 75.3 cm³/mol. The smallest absolute Gasteiger partial charge is 0.311 e. The minimum atomic E-state index is -0.916. The standard InChI is InChI=1S/C16H23NO4/c18-13-11-6-5-7-12(11)14(19)17(13)10-16(15(20)21)8-3-1-2-4-9-16/h11-12H,1-10H2,(H,20,21). The third-order valence-electron chi connectivity index (χ3n) is 5.66. The molecule has 3 fully saturated rings. The van der Waals surface area contributed by atoms with Gasteiger partial charge >= 0.3 is 5.97 Å². The summed E-state index contributed by atoms with van der Waals surface area (Å²) in [5.41, 5.74) is -0.916. The van der Waals surface area contributed by atoms with Gasteiger partial charge in [-0.15, -0.1) is 0 Å². The van der Waals surface area contributed by atoms with Crippen LogP contribution in [-0.4, -0.2) is 34.3 Å². The number of amides is 2. The lowest BCUT2D eigenvalue weighted by atomic mass is 9.80. The van der Waals surface area contributed by atoms with Crippen LogP contribution >= 0.6 is 0 Å². The van der Waals surface area contributed by atoms with Crippen molar-refractivity contribution in [2.45, 2.75) is 57.8 Å². The molecule has 1 aliphatic heterocycles. The van der Waals surface area contributed by atoms with Gasteiger partial charge in [0.15, 0.2) is 0 Å². The van der Waals surface area contributed by atoms with Crippen LogP contribution in [0.15, 0.2) is 0 Å². The number of hydrogen-bond donors (Lipinski definition) is 1. The second-order valence-electron chi connectivity index (χ2n) is 6.91. The Morgan fingerprint density at radius 2 is 1.52 bits per heavy atom. The average molecular weight is 293 g/mol. The molecule has 0 aromatic rings. The van der Waals surface area contributed by atoms with Crippen molar-refractivity contribution in [2.24, 2.45) is 17.3 Å². The van der Waals surface area contributed by atoms with Crippen LogP contribution in [0, 0.1) is 17.3 Å². The van der Waals surface area contributed by atoms with Crippen LogP contribution in [-0.2, 0) is 14.4 Å². The van der Waals surface area contributed by atoms with Gasteiger partial charge in [-0.2, -0.15) is 0 Å². The number of likely N-dealkylation sites (tertiary alicyclic amines) is 1. The summed E-state index contributed by atoms with van der Waals surface area (Å²) >= 11 is 0. The Bertz CT molecular complexity index is 443. The number of carbonyl (C=O) groups excluding carboxylic acids is 2. The Morgan fingerprint density at radius 3 is 2.00 bits per heavy atom. The maximum atomic E-state index is 12.4. The summed E-state index contributed by atoms with van der Waals surface area (Å²) in [7, 11) is 0. The van der Waals surface area contributed by atoms with E-state index in [0.717, 1.165) is 44.9 Å². The van der Waals surface area contributed by atoms with E-state index in [1.54, 1.807) is 0 Å². The number of nitrogens with zero attached hydrogens (tertiary/aromatic N) is 1. The van der Waals surface area contributed by atoms with Crippen molar-refractivity contribution in [2.75, 3.05) is 6.54 Å². The molecule has 2 saturated carbocycles. The summed E-state index contributed by atoms with van der Waals surface area (Å²) in [6, 6.07) is 0. The summed E-state index contributed by atoms with van der Waals surface area (Å²) in [4.78, 5) is 38.0. The van der Waals surface area contributed by atoms with E-state index < -0.39 is 11.4 Å². The van der Waals surface area contributed by atoms with Gasteiger partial charge in [0.05, 0.1) is 17.3 Å². The van der Waals surface area contributed by atoms with Crippen molar-refractivity contribution in [3.8, 4) is 0 Å². The van der Waals surface area contributed by atoms with Crippen molar-refractivity contribution in [1.29, 1.82) is 0 Å². The van der Waals surface area contributed by atoms with Crippen molar-refractivity contribution in [3.63, 3.8) is 0 Å². The molecule has 1 heterocycles. The third kappa shape index (κ3) is 2.36. The van der Waals surface area contributed by atoms with E-state index >= 15 is 0 Å². The zero-order valence-electron chi connectivity index (χ0n) is 12.3. The summed E-state index contributed by atoms with van der Waals surface area (Å²) in [6.07, 6.45) is 7.49. The molecular weight excluding hydrogens is 270 g/mol. The zero-order chi connectivity index (χ0) is 15.0. The third-order valence-corrected chi connectivity index (χ3v) is 5.66. The van der Waals surface area contributed by atoms with Gasteiger partial charge in [-0.25, -0.2) is 0 Å². The van der Waals surface area contributed by atoms with Crippen LogP contribution in [0.5, 0.6) is 0 Å². The average Bonchev–Trinajstić information content (AvgIpc) is 2.91. The minimum Gasteiger partial charge on any atom is -0.481 e. The Balaban J connectivity index is 1.81. The molecule has 2 unspecified atom stereocenters. The molecule has 0 bridgehead atoms. The lowest BCUT2D eigenvalue weighted by Crippen LogP contribution is -2.46. The van der Waals surface area contributed by atoms with Crippen molar-refractivity contribution in [3.05, 3.63) is 0 Å². The maximum Gasteiger partial charge on any atom is 0.311 e. The van der Waals surface area contributed by atoms with Crippen LogP contribution < -0.4 is 0 Å². The van der Waals surface area contributed by atoms with Gasteiger partial charge in [0, 0.05) is 6.54 Å². The molecule has 3 aliphatic rings. The summed E-state index contributed by atoms with van der Waals surface area (Å²) in [5.74, 6) is -1.43. The molecule has 0 aromatic heterocycles. The fourth-order valence-corrected chi connectivity index (χ4v) is 4.36. The molecule has 0 spiro atoms. The van der Waals surface area contributed by atoms with Crippen LogP contribution in [0.3, 0.4) is 0 Å². The first-order valence-corrected chi connectivity index (χ1v) is 8.14. The molecule has 3 rings (SSSR count). The number of hydrogen-bond acceptors (Lipinski definition) is 3. The van der Waals surface area contributed by atoms with Gasteiger partial charge in [-0.1, -0.05) is 32.1 Å². The lowest BCUT2D eigenvalue weighted by Gasteiger charge is -2.32. The number of carbonyl (C=O) groups is 3. The first-order valence-electron chi connectivity index (χ1n) is 8.14. The molecule has 5 nitrogen and oxygen atoms in total. The molecular formula is C16H23NO4. The van der Waals surface area contributed by atoms with Crippen LogP contribution in [0.25, 0.3) is 0 Å². The van der Waals surface area contributed by atoms with E-state index in [-0.39, 0.29) is 30.2 Å². The van der Waals surface area contributed by atoms with Gasteiger partial charge < -0.3 is 5.11 Å². The molecule has 2 aliphatic carbocycles. The quantitative estimate of drug-likeness (QED) is 0.639. The van der Waals surface area contributed by atoms with Gasteiger partial charge in [-0.05, 0) is 25.7 Å². The zero-order valence-corrected chi connectivity index (χ0v) is 12.3. The Kier molecular flexibility index (Phi) is 3.76. The summed E-state index contributed by atoms with van der Waals surface area (Å²) < 4.78 is 0. The number of fused-ring (bicyclic) bond motifs is 1. The van der Waals surface area contributed by atoms with Gasteiger partial charge in [0.25, 0.3) is 0 Å². The highest BCUT2D eigenvalue weighted by Crippen LogP contribution is 2.43. The molecule has 1 saturated heterocycles. The molecule has 116 valence electrons. The van der Waals surface area contributed by atoms with E-state index in [0.29, 0.717) is 12.8 Å². The molecule has 21 heavy (non-hydrogen) atoms. The first-order chi connectivity index (χ1) is 10.1. The normalized spacial score (nSPS) is 32.1. The van der Waals surface area contributed by atoms with E-state index in [1.165, 1.54) is 4.90 Å². The van der Waals surface area contributed by atoms with E-state index in [4.69, 9.17) is 0 Å². The van der Waals surface area contributed by atoms with Crippen LogP contribution in [0.4, 0.5) is 0 Å². The molecule has 5 heteroatoms. The second kappa shape index (κ2) is 5.43. The number of carboxylic acid groups (broad SMARTS) is 1. The predicted octanol–water partition coefficient (Wildman–Crippen LogP) is 2.20. The Hall–Kier alpha value is -1.39. The SMILES string of the molecule is O=C1C2CCCC2C(=O)N1CC1(C(=O)O)CCCCCC1. The lowest BCUT2D eigenvalue weighted by molar-refractivity contribution is -0.154. The fourth-order valence-electron chi connectivity index (χ4n) is 4.36. The largest absolute Gasteiger partial charge is 0.481 e. The van der Waals surface area contributed by atoms with Crippen LogP contribution in [0.2, 0.25) is 0 Å². The van der Waals surface area contributed by atoms with Crippen molar-refractivity contribution < 1.29 is 19.5 Å². The number of rotatable bonds is 3. The highest BCUT2D eigenvalue weighted by atomic mass is 16.4. The topological polar surface area (TPSA) is 74.7 Å². The monoisotopic (exact) mass is 293 g/mol. The minimum absolute atomic E-state index is 0.0903. The molecule has 0 aromatic carbocycles. The summed E-state index contributed by atoms with van der Waals surface area (Å²) in [5, 5.41) is 9.70. The number of aliphatic carboxylic acids is 1. The number of imide groups is 1. The Morgan fingerprint density at radius 1 is 1.00 bits per heavy atom. The first kappa shape index (κ1) is 14.5. The van der Waals surface area contributed by atoms with Gasteiger partial charge in [-0.3, -0.25) is 19.3 Å². The van der Waals surface area contributed by atoms with Crippen molar-refractivity contribution in [1.82, 2.24) is 4.90 Å². The van der Waals surface area contributed by atoms with E-state index in [9.17, 15) is 19.5 Å². The second-order valence-corrected chi connectivity index (χ2v) is 6.91.